The predicted molar refractivity (Wildman–Crippen MR) is 141 cm³/mol. The van der Waals surface area contributed by atoms with Crippen molar-refractivity contribution in [1.29, 1.82) is 0 Å². The van der Waals surface area contributed by atoms with Crippen molar-refractivity contribution in [3.05, 3.63) is 94.0 Å². The van der Waals surface area contributed by atoms with Crippen LogP contribution in [-0.4, -0.2) is 25.5 Å². The van der Waals surface area contributed by atoms with E-state index in [0.717, 1.165) is 26.4 Å². The van der Waals surface area contributed by atoms with Crippen LogP contribution < -0.4 is 24.4 Å². The fourth-order valence-electron chi connectivity index (χ4n) is 3.90. The summed E-state index contributed by atoms with van der Waals surface area (Å²) < 4.78 is 23.4. The number of amides is 1. The third-order valence-electron chi connectivity index (χ3n) is 5.60. The number of hydrogen-bond acceptors (Lipinski definition) is 6. The highest BCUT2D eigenvalue weighted by Crippen LogP contribution is 2.37. The molecule has 0 aliphatic carbocycles. The van der Waals surface area contributed by atoms with Gasteiger partial charge in [-0.15, -0.1) is 0 Å². The monoisotopic (exact) mass is 546 g/mol. The van der Waals surface area contributed by atoms with E-state index in [4.69, 9.17) is 18.9 Å². The van der Waals surface area contributed by atoms with E-state index < -0.39 is 0 Å². The lowest BCUT2D eigenvalue weighted by molar-refractivity contribution is 0.0954. The van der Waals surface area contributed by atoms with Gasteiger partial charge >= 0.3 is 0 Å². The number of carbonyl (C=O) groups excluding carboxylic acids is 1. The first-order chi connectivity index (χ1) is 17.6. The summed E-state index contributed by atoms with van der Waals surface area (Å²) in [5, 5.41) is 6.41. The standard InChI is InChI=1S/C28H23BrN2O5/c1-2-33-26-13-18(15-30-31-28(32)20-10-11-24-25(14-20)36-17-35-24)12-23(29)27(26)34-16-21-8-5-7-19-6-3-4-9-22(19)21/h3-15H,2,16-17H2,1H3,(H,31,32)/b30-15-. The van der Waals surface area contributed by atoms with Crippen LogP contribution in [0.5, 0.6) is 23.0 Å². The van der Waals surface area contributed by atoms with E-state index in [0.29, 0.717) is 41.8 Å². The van der Waals surface area contributed by atoms with Gasteiger partial charge in [-0.2, -0.15) is 5.10 Å². The molecule has 8 heteroatoms. The molecule has 5 rings (SSSR count). The van der Waals surface area contributed by atoms with E-state index >= 15 is 0 Å². The lowest BCUT2D eigenvalue weighted by Gasteiger charge is -2.15. The number of ether oxygens (including phenoxy) is 4. The number of nitrogens with one attached hydrogen (secondary N) is 1. The number of hydrazone groups is 1. The Morgan fingerprint density at radius 1 is 1.03 bits per heavy atom. The van der Waals surface area contributed by atoms with Crippen LogP contribution in [0.1, 0.15) is 28.4 Å². The molecule has 0 atom stereocenters. The van der Waals surface area contributed by atoms with Gasteiger partial charge in [0.15, 0.2) is 23.0 Å². The quantitative estimate of drug-likeness (QED) is 0.214. The van der Waals surface area contributed by atoms with Gasteiger partial charge in [-0.1, -0.05) is 42.5 Å². The first-order valence-corrected chi connectivity index (χ1v) is 12.2. The fraction of sp³-hybridized carbons (Fsp3) is 0.143. The molecule has 36 heavy (non-hydrogen) atoms. The summed E-state index contributed by atoms with van der Waals surface area (Å²) in [6.07, 6.45) is 1.55. The third-order valence-corrected chi connectivity index (χ3v) is 6.19. The molecule has 0 bridgehead atoms. The van der Waals surface area contributed by atoms with E-state index in [2.05, 4.69) is 50.7 Å². The Balaban J connectivity index is 1.30. The van der Waals surface area contributed by atoms with Crippen molar-refractivity contribution >= 4 is 38.8 Å². The van der Waals surface area contributed by atoms with E-state index in [-0.39, 0.29) is 12.7 Å². The molecule has 4 aromatic rings. The Bertz CT molecular complexity index is 1450. The molecular formula is C28H23BrN2O5. The molecule has 0 saturated carbocycles. The summed E-state index contributed by atoms with van der Waals surface area (Å²) in [4.78, 5) is 12.5. The van der Waals surface area contributed by atoms with E-state index in [1.807, 2.05) is 37.3 Å². The smallest absolute Gasteiger partial charge is 0.271 e. The van der Waals surface area contributed by atoms with Crippen molar-refractivity contribution in [3.63, 3.8) is 0 Å². The molecule has 0 spiro atoms. The number of rotatable bonds is 8. The van der Waals surface area contributed by atoms with Crippen LogP contribution in [0.4, 0.5) is 0 Å². The molecule has 0 fully saturated rings. The Morgan fingerprint density at radius 2 is 1.86 bits per heavy atom. The molecule has 0 aromatic heterocycles. The van der Waals surface area contributed by atoms with Gasteiger partial charge in [0.05, 0.1) is 17.3 Å². The number of nitrogens with zero attached hydrogens (tertiary/aromatic N) is 1. The number of fused-ring (bicyclic) bond motifs is 2. The second-order valence-electron chi connectivity index (χ2n) is 7.96. The average molecular weight is 547 g/mol. The average Bonchev–Trinajstić information content (AvgIpc) is 3.36. The highest BCUT2D eigenvalue weighted by atomic mass is 79.9. The first kappa shape index (κ1) is 23.7. The highest BCUT2D eigenvalue weighted by molar-refractivity contribution is 9.10. The second kappa shape index (κ2) is 10.7. The van der Waals surface area contributed by atoms with Crippen LogP contribution in [0, 0.1) is 0 Å². The van der Waals surface area contributed by atoms with Gasteiger partial charge in [-0.05, 0) is 75.1 Å². The van der Waals surface area contributed by atoms with Crippen molar-refractivity contribution < 1.29 is 23.7 Å². The summed E-state index contributed by atoms with van der Waals surface area (Å²) in [5.74, 6) is 1.98. The molecule has 1 heterocycles. The fourth-order valence-corrected chi connectivity index (χ4v) is 4.48. The molecule has 0 radical (unpaired) electrons. The van der Waals surface area contributed by atoms with Crippen LogP contribution in [0.25, 0.3) is 10.8 Å². The second-order valence-corrected chi connectivity index (χ2v) is 8.81. The van der Waals surface area contributed by atoms with Gasteiger partial charge in [0, 0.05) is 5.56 Å². The molecule has 4 aromatic carbocycles. The summed E-state index contributed by atoms with van der Waals surface area (Å²) in [6, 6.07) is 23.0. The molecule has 1 aliphatic rings. The van der Waals surface area contributed by atoms with Crippen LogP contribution in [0.3, 0.4) is 0 Å². The summed E-state index contributed by atoms with van der Waals surface area (Å²) in [5.41, 5.74) is 4.77. The Labute approximate surface area is 216 Å². The zero-order chi connectivity index (χ0) is 24.9. The van der Waals surface area contributed by atoms with Crippen LogP contribution in [-0.2, 0) is 6.61 Å². The zero-order valence-electron chi connectivity index (χ0n) is 19.5. The Kier molecular flexibility index (Phi) is 7.04. The largest absolute Gasteiger partial charge is 0.490 e. The molecule has 1 aliphatic heterocycles. The molecule has 1 amide bonds. The zero-order valence-corrected chi connectivity index (χ0v) is 21.1. The minimum absolute atomic E-state index is 0.150. The van der Waals surface area contributed by atoms with Gasteiger partial charge in [0.2, 0.25) is 6.79 Å². The molecule has 0 unspecified atom stereocenters. The third kappa shape index (κ3) is 5.13. The van der Waals surface area contributed by atoms with Crippen molar-refractivity contribution in [2.45, 2.75) is 13.5 Å². The maximum atomic E-state index is 12.5. The summed E-state index contributed by atoms with van der Waals surface area (Å²) in [6.45, 7) is 2.92. The van der Waals surface area contributed by atoms with Gasteiger partial charge in [-0.3, -0.25) is 4.79 Å². The maximum Gasteiger partial charge on any atom is 0.271 e. The first-order valence-electron chi connectivity index (χ1n) is 11.4. The predicted octanol–water partition coefficient (Wildman–Crippen LogP) is 6.07. The van der Waals surface area contributed by atoms with Crippen LogP contribution >= 0.6 is 15.9 Å². The minimum Gasteiger partial charge on any atom is -0.490 e. The number of halogens is 1. The normalized spacial score (nSPS) is 12.2. The van der Waals surface area contributed by atoms with Crippen LogP contribution in [0.2, 0.25) is 0 Å². The minimum atomic E-state index is -0.358. The number of benzene rings is 4. The number of hydrogen-bond donors (Lipinski definition) is 1. The molecule has 7 nitrogen and oxygen atoms in total. The number of carbonyl (C=O) groups is 1. The van der Waals surface area contributed by atoms with Crippen molar-refractivity contribution in [3.8, 4) is 23.0 Å². The van der Waals surface area contributed by atoms with E-state index in [1.54, 1.807) is 24.4 Å². The molecule has 0 saturated heterocycles. The molecule has 1 N–H and O–H groups in total. The highest BCUT2D eigenvalue weighted by Gasteiger charge is 2.16. The maximum absolute atomic E-state index is 12.5. The summed E-state index contributed by atoms with van der Waals surface area (Å²) >= 11 is 3.60. The SMILES string of the molecule is CCOc1cc(/C=N\NC(=O)c2ccc3c(c2)OCO3)cc(Br)c1OCc1cccc2ccccc12. The molecular weight excluding hydrogens is 524 g/mol. The van der Waals surface area contributed by atoms with Crippen molar-refractivity contribution in [1.82, 2.24) is 5.43 Å². The van der Waals surface area contributed by atoms with Gasteiger partial charge < -0.3 is 18.9 Å². The lowest BCUT2D eigenvalue weighted by Crippen LogP contribution is -2.17. The Hall–Kier alpha value is -4.04. The lowest BCUT2D eigenvalue weighted by atomic mass is 10.1. The van der Waals surface area contributed by atoms with Crippen molar-refractivity contribution in [2.75, 3.05) is 13.4 Å². The topological polar surface area (TPSA) is 78.4 Å². The van der Waals surface area contributed by atoms with E-state index in [1.165, 1.54) is 0 Å². The van der Waals surface area contributed by atoms with Crippen LogP contribution in [0.15, 0.2) is 82.4 Å². The molecule has 182 valence electrons. The van der Waals surface area contributed by atoms with Crippen molar-refractivity contribution in [2.24, 2.45) is 5.10 Å². The van der Waals surface area contributed by atoms with Gasteiger partial charge in [0.25, 0.3) is 5.91 Å². The van der Waals surface area contributed by atoms with Gasteiger partial charge in [0.1, 0.15) is 6.61 Å². The van der Waals surface area contributed by atoms with Gasteiger partial charge in [-0.25, -0.2) is 5.43 Å². The van der Waals surface area contributed by atoms with E-state index in [9.17, 15) is 4.79 Å². The Morgan fingerprint density at radius 3 is 2.75 bits per heavy atom. The summed E-state index contributed by atoms with van der Waals surface area (Å²) in [7, 11) is 0.